The highest BCUT2D eigenvalue weighted by molar-refractivity contribution is 5.26. The van der Waals surface area contributed by atoms with Crippen molar-refractivity contribution in [3.8, 4) is 5.75 Å². The summed E-state index contributed by atoms with van der Waals surface area (Å²) in [5.74, 6) is 0.430. The number of aliphatic hydroxyl groups excluding tert-OH is 1. The Morgan fingerprint density at radius 2 is 1.67 bits per heavy atom. The highest BCUT2D eigenvalue weighted by atomic mass is 16.5. The van der Waals surface area contributed by atoms with Crippen molar-refractivity contribution in [2.45, 2.75) is 32.2 Å². The van der Waals surface area contributed by atoms with Crippen molar-refractivity contribution in [3.63, 3.8) is 0 Å². The molecule has 0 saturated carbocycles. The Morgan fingerprint density at radius 3 is 2.25 bits per heavy atom. The molecule has 2 aromatic rings. The largest absolute Gasteiger partial charge is 0.854 e. The molecule has 0 amide bonds. The van der Waals surface area contributed by atoms with E-state index in [0.717, 1.165) is 16.9 Å². The van der Waals surface area contributed by atoms with Crippen molar-refractivity contribution in [1.82, 2.24) is 0 Å². The highest BCUT2D eigenvalue weighted by Gasteiger charge is 2.22. The molecule has 0 aliphatic rings. The lowest BCUT2D eigenvalue weighted by atomic mass is 9.92. The zero-order valence-corrected chi connectivity index (χ0v) is 14.2. The van der Waals surface area contributed by atoms with Crippen LogP contribution in [0.15, 0.2) is 54.6 Å². The van der Waals surface area contributed by atoms with Crippen LogP contribution in [0.1, 0.15) is 18.1 Å². The Kier molecular flexibility index (Phi) is 7.25. The number of hydrogen-bond acceptors (Lipinski definition) is 4. The molecule has 4 nitrogen and oxygen atoms in total. The van der Waals surface area contributed by atoms with Crippen molar-refractivity contribution in [2.75, 3.05) is 13.7 Å². The van der Waals surface area contributed by atoms with Gasteiger partial charge < -0.3 is 19.7 Å². The summed E-state index contributed by atoms with van der Waals surface area (Å²) >= 11 is 0. The molecule has 0 radical (unpaired) electrons. The molecule has 1 N–H and O–H groups in total. The van der Waals surface area contributed by atoms with Crippen LogP contribution < -0.4 is 9.84 Å². The SMILES string of the molecule is COc1ccc(CO[C@@H](C)[C@H](O)[C@H](C[O-])Cc2ccccc2)cc1. The van der Waals surface area contributed by atoms with E-state index in [-0.39, 0.29) is 12.5 Å². The molecule has 0 aromatic heterocycles. The van der Waals surface area contributed by atoms with Gasteiger partial charge in [-0.15, -0.1) is 6.61 Å². The molecule has 0 unspecified atom stereocenters. The van der Waals surface area contributed by atoms with E-state index in [1.54, 1.807) is 7.11 Å². The summed E-state index contributed by atoms with van der Waals surface area (Å²) in [5, 5.41) is 21.9. The molecule has 4 heteroatoms. The van der Waals surface area contributed by atoms with Crippen molar-refractivity contribution >= 4 is 0 Å². The number of hydrogen-bond donors (Lipinski definition) is 1. The van der Waals surface area contributed by atoms with E-state index >= 15 is 0 Å². The number of ether oxygens (including phenoxy) is 2. The molecule has 0 aliphatic carbocycles. The summed E-state index contributed by atoms with van der Waals surface area (Å²) in [4.78, 5) is 0. The molecule has 0 heterocycles. The Balaban J connectivity index is 1.87. The van der Waals surface area contributed by atoms with Gasteiger partial charge in [0.25, 0.3) is 0 Å². The molecule has 0 aliphatic heterocycles. The van der Waals surface area contributed by atoms with Crippen molar-refractivity contribution < 1.29 is 19.7 Å². The molecule has 2 aromatic carbocycles. The summed E-state index contributed by atoms with van der Waals surface area (Å²) < 4.78 is 10.9. The lowest BCUT2D eigenvalue weighted by Gasteiger charge is -2.30. The minimum Gasteiger partial charge on any atom is -0.854 e. The van der Waals surface area contributed by atoms with Crippen LogP contribution in [0.3, 0.4) is 0 Å². The lowest BCUT2D eigenvalue weighted by Crippen LogP contribution is -2.39. The Bertz CT molecular complexity index is 582. The van der Waals surface area contributed by atoms with Gasteiger partial charge in [-0.1, -0.05) is 42.5 Å². The fraction of sp³-hybridized carbons (Fsp3) is 0.400. The Hall–Kier alpha value is -1.88. The highest BCUT2D eigenvalue weighted by Crippen LogP contribution is 2.18. The van der Waals surface area contributed by atoms with Gasteiger partial charge in [0.15, 0.2) is 0 Å². The zero-order valence-electron chi connectivity index (χ0n) is 14.2. The normalized spacial score (nSPS) is 14.8. The Morgan fingerprint density at radius 1 is 1.00 bits per heavy atom. The van der Waals surface area contributed by atoms with Gasteiger partial charge in [-0.05, 0) is 42.5 Å². The number of aliphatic hydroxyl groups is 1. The molecule has 3 atom stereocenters. The van der Waals surface area contributed by atoms with Crippen LogP contribution in [0, 0.1) is 5.92 Å². The van der Waals surface area contributed by atoms with Gasteiger partial charge in [0.05, 0.1) is 25.9 Å². The second-order valence-corrected chi connectivity index (χ2v) is 5.97. The predicted molar refractivity (Wildman–Crippen MR) is 91.8 cm³/mol. The maximum Gasteiger partial charge on any atom is 0.118 e. The second kappa shape index (κ2) is 9.42. The summed E-state index contributed by atoms with van der Waals surface area (Å²) in [6.07, 6.45) is -0.641. The first-order chi connectivity index (χ1) is 11.6. The second-order valence-electron chi connectivity index (χ2n) is 5.97. The number of methoxy groups -OCH3 is 1. The molecule has 24 heavy (non-hydrogen) atoms. The summed E-state index contributed by atoms with van der Waals surface area (Å²) in [5.41, 5.74) is 2.05. The molecule has 0 spiro atoms. The van der Waals surface area contributed by atoms with Crippen molar-refractivity contribution in [3.05, 3.63) is 65.7 Å². The molecule has 0 bridgehead atoms. The predicted octanol–water partition coefficient (Wildman–Crippen LogP) is 2.18. The summed E-state index contributed by atoms with van der Waals surface area (Å²) in [6, 6.07) is 17.3. The molecule has 0 saturated heterocycles. The third-order valence-electron chi connectivity index (χ3n) is 4.19. The van der Waals surface area contributed by atoms with Gasteiger partial charge in [0.2, 0.25) is 0 Å². The molecular weight excluding hydrogens is 304 g/mol. The summed E-state index contributed by atoms with van der Waals surface area (Å²) in [7, 11) is 1.62. The fourth-order valence-corrected chi connectivity index (χ4v) is 2.63. The van der Waals surface area contributed by atoms with E-state index in [0.29, 0.717) is 13.0 Å². The third kappa shape index (κ3) is 5.34. The van der Waals surface area contributed by atoms with Crippen LogP contribution in [0.5, 0.6) is 5.75 Å². The number of rotatable bonds is 9. The zero-order chi connectivity index (χ0) is 17.4. The maximum atomic E-state index is 11.5. The molecule has 2 rings (SSSR count). The Labute approximate surface area is 143 Å². The van der Waals surface area contributed by atoms with Crippen LogP contribution in [0.2, 0.25) is 0 Å². The molecular formula is C20H25O4-. The standard InChI is InChI=1S/C20H25O4/c1-15(24-14-17-8-10-19(23-2)11-9-17)20(22)18(13-21)12-16-6-4-3-5-7-16/h3-11,15,18,20,22H,12-14H2,1-2H3/q-1/t15-,18-,20-/m0/s1. The van der Waals surface area contributed by atoms with Crippen LogP contribution >= 0.6 is 0 Å². The molecule has 130 valence electrons. The smallest absolute Gasteiger partial charge is 0.118 e. The lowest BCUT2D eigenvalue weighted by molar-refractivity contribution is -0.384. The van der Waals surface area contributed by atoms with Gasteiger partial charge in [0.1, 0.15) is 5.75 Å². The van der Waals surface area contributed by atoms with Gasteiger partial charge in [0, 0.05) is 0 Å². The van der Waals surface area contributed by atoms with Gasteiger partial charge in [-0.25, -0.2) is 0 Å². The fourth-order valence-electron chi connectivity index (χ4n) is 2.63. The minimum absolute atomic E-state index is 0.327. The van der Waals surface area contributed by atoms with Crippen LogP contribution in [0.25, 0.3) is 0 Å². The average molecular weight is 329 g/mol. The van der Waals surface area contributed by atoms with Crippen molar-refractivity contribution in [2.24, 2.45) is 5.92 Å². The van der Waals surface area contributed by atoms with E-state index in [1.807, 2.05) is 61.5 Å². The minimum atomic E-state index is -0.791. The first kappa shape index (κ1) is 18.5. The van der Waals surface area contributed by atoms with E-state index in [2.05, 4.69) is 0 Å². The third-order valence-corrected chi connectivity index (χ3v) is 4.19. The van der Waals surface area contributed by atoms with Crippen LogP contribution in [-0.4, -0.2) is 31.0 Å². The van der Waals surface area contributed by atoms with E-state index in [4.69, 9.17) is 9.47 Å². The average Bonchev–Trinajstić information content (AvgIpc) is 2.64. The first-order valence-corrected chi connectivity index (χ1v) is 8.18. The van der Waals surface area contributed by atoms with Gasteiger partial charge in [-0.3, -0.25) is 0 Å². The molecule has 0 fully saturated rings. The topological polar surface area (TPSA) is 61.8 Å². The van der Waals surface area contributed by atoms with E-state index < -0.39 is 12.2 Å². The van der Waals surface area contributed by atoms with E-state index in [1.165, 1.54) is 0 Å². The van der Waals surface area contributed by atoms with Crippen LogP contribution in [-0.2, 0) is 17.8 Å². The van der Waals surface area contributed by atoms with Crippen LogP contribution in [0.4, 0.5) is 0 Å². The van der Waals surface area contributed by atoms with E-state index in [9.17, 15) is 10.2 Å². The first-order valence-electron chi connectivity index (χ1n) is 8.18. The van der Waals surface area contributed by atoms with Crippen molar-refractivity contribution in [1.29, 1.82) is 0 Å². The quantitative estimate of drug-likeness (QED) is 0.766. The summed E-state index contributed by atoms with van der Waals surface area (Å²) in [6.45, 7) is 1.87. The number of benzene rings is 2. The monoisotopic (exact) mass is 329 g/mol. The van der Waals surface area contributed by atoms with Gasteiger partial charge in [-0.2, -0.15) is 0 Å². The van der Waals surface area contributed by atoms with Gasteiger partial charge >= 0.3 is 0 Å². The maximum absolute atomic E-state index is 11.5.